The molecule has 1 atom stereocenters. The standard InChI is InChI=1S/C9H18N4O/c1-4-7-8(10)9(13(3)12-7)11-6(2)5-14/h6,11,14H,4-5,10H2,1-3H3. The summed E-state index contributed by atoms with van der Waals surface area (Å²) in [6.07, 6.45) is 0.814. The Morgan fingerprint density at radius 2 is 2.29 bits per heavy atom. The van der Waals surface area contributed by atoms with Crippen LogP contribution in [0, 0.1) is 0 Å². The molecule has 5 heteroatoms. The summed E-state index contributed by atoms with van der Waals surface area (Å²) in [6.45, 7) is 3.97. The number of aromatic nitrogens is 2. The van der Waals surface area contributed by atoms with Crippen LogP contribution >= 0.6 is 0 Å². The minimum absolute atomic E-state index is 0.0163. The average Bonchev–Trinajstić information content (AvgIpc) is 2.44. The number of aliphatic hydroxyl groups is 1. The van der Waals surface area contributed by atoms with Gasteiger partial charge < -0.3 is 16.2 Å². The highest BCUT2D eigenvalue weighted by molar-refractivity contribution is 5.65. The Morgan fingerprint density at radius 3 is 2.71 bits per heavy atom. The van der Waals surface area contributed by atoms with Gasteiger partial charge in [0.2, 0.25) is 0 Å². The van der Waals surface area contributed by atoms with Crippen molar-refractivity contribution in [3.63, 3.8) is 0 Å². The van der Waals surface area contributed by atoms with Gasteiger partial charge in [0.05, 0.1) is 18.0 Å². The van der Waals surface area contributed by atoms with E-state index >= 15 is 0 Å². The molecule has 1 aromatic heterocycles. The summed E-state index contributed by atoms with van der Waals surface area (Å²) >= 11 is 0. The van der Waals surface area contributed by atoms with Gasteiger partial charge in [-0.15, -0.1) is 0 Å². The molecule has 0 fully saturated rings. The summed E-state index contributed by atoms with van der Waals surface area (Å²) in [6, 6.07) is -0.0163. The molecule has 4 N–H and O–H groups in total. The second-order valence-corrected chi connectivity index (χ2v) is 3.41. The third kappa shape index (κ3) is 1.98. The van der Waals surface area contributed by atoms with Crippen molar-refractivity contribution in [2.24, 2.45) is 7.05 Å². The maximum atomic E-state index is 8.91. The van der Waals surface area contributed by atoms with Gasteiger partial charge in [0.25, 0.3) is 0 Å². The van der Waals surface area contributed by atoms with Gasteiger partial charge in [-0.25, -0.2) is 0 Å². The number of aliphatic hydroxyl groups excluding tert-OH is 1. The highest BCUT2D eigenvalue weighted by atomic mass is 16.3. The number of nitrogen functional groups attached to an aromatic ring is 1. The molecule has 0 saturated carbocycles. The maximum absolute atomic E-state index is 8.91. The third-order valence-electron chi connectivity index (χ3n) is 2.15. The number of rotatable bonds is 4. The number of nitrogens with one attached hydrogen (secondary N) is 1. The number of hydrogen-bond acceptors (Lipinski definition) is 4. The van der Waals surface area contributed by atoms with Gasteiger partial charge in [-0.1, -0.05) is 6.92 Å². The third-order valence-corrected chi connectivity index (χ3v) is 2.15. The van der Waals surface area contributed by atoms with Crippen molar-refractivity contribution in [2.45, 2.75) is 26.3 Å². The van der Waals surface area contributed by atoms with E-state index in [1.807, 2.05) is 20.9 Å². The zero-order valence-electron chi connectivity index (χ0n) is 8.91. The Kier molecular flexibility index (Phi) is 3.35. The van der Waals surface area contributed by atoms with Crippen molar-refractivity contribution >= 4 is 11.5 Å². The summed E-state index contributed by atoms with van der Waals surface area (Å²) in [4.78, 5) is 0. The van der Waals surface area contributed by atoms with Crippen molar-refractivity contribution in [3.8, 4) is 0 Å². The predicted octanol–water partition coefficient (Wildman–Crippen LogP) is 0.357. The van der Waals surface area contributed by atoms with Crippen LogP contribution in [0.2, 0.25) is 0 Å². The Morgan fingerprint density at radius 1 is 1.64 bits per heavy atom. The Labute approximate surface area is 83.9 Å². The highest BCUT2D eigenvalue weighted by Gasteiger charge is 2.12. The van der Waals surface area contributed by atoms with Gasteiger partial charge in [0, 0.05) is 13.1 Å². The molecular weight excluding hydrogens is 180 g/mol. The fraction of sp³-hybridized carbons (Fsp3) is 0.667. The molecule has 0 aliphatic carbocycles. The van der Waals surface area contributed by atoms with Gasteiger partial charge >= 0.3 is 0 Å². The quantitative estimate of drug-likeness (QED) is 0.653. The first-order chi connectivity index (χ1) is 6.60. The summed E-state index contributed by atoms with van der Waals surface area (Å²) in [5.74, 6) is 0.781. The summed E-state index contributed by atoms with van der Waals surface area (Å²) in [7, 11) is 1.84. The van der Waals surface area contributed by atoms with Crippen molar-refractivity contribution < 1.29 is 5.11 Å². The van der Waals surface area contributed by atoms with Crippen LogP contribution in [0.25, 0.3) is 0 Å². The smallest absolute Gasteiger partial charge is 0.148 e. The van der Waals surface area contributed by atoms with Crippen LogP contribution in [0.1, 0.15) is 19.5 Å². The first kappa shape index (κ1) is 10.8. The van der Waals surface area contributed by atoms with Gasteiger partial charge in [0.1, 0.15) is 5.82 Å². The Hall–Kier alpha value is -1.23. The molecule has 1 unspecified atom stereocenters. The molecule has 0 bridgehead atoms. The van der Waals surface area contributed by atoms with Crippen molar-refractivity contribution in [2.75, 3.05) is 17.7 Å². The van der Waals surface area contributed by atoms with E-state index < -0.39 is 0 Å². The number of nitrogens with two attached hydrogens (primary N) is 1. The fourth-order valence-corrected chi connectivity index (χ4v) is 1.31. The topological polar surface area (TPSA) is 76.1 Å². The fourth-order valence-electron chi connectivity index (χ4n) is 1.31. The monoisotopic (exact) mass is 198 g/mol. The molecule has 5 nitrogen and oxygen atoms in total. The number of anilines is 2. The van der Waals surface area contributed by atoms with E-state index in [0.29, 0.717) is 5.69 Å². The molecular formula is C9H18N4O. The minimum atomic E-state index is -0.0163. The average molecular weight is 198 g/mol. The van der Waals surface area contributed by atoms with E-state index in [1.54, 1.807) is 4.68 Å². The van der Waals surface area contributed by atoms with Gasteiger partial charge in [-0.3, -0.25) is 4.68 Å². The van der Waals surface area contributed by atoms with E-state index in [4.69, 9.17) is 10.8 Å². The van der Waals surface area contributed by atoms with E-state index in [9.17, 15) is 0 Å². The van der Waals surface area contributed by atoms with Crippen molar-refractivity contribution in [1.29, 1.82) is 0 Å². The molecule has 0 radical (unpaired) electrons. The van der Waals surface area contributed by atoms with Crippen LogP contribution in [-0.2, 0) is 13.5 Å². The molecule has 80 valence electrons. The van der Waals surface area contributed by atoms with Gasteiger partial charge in [-0.05, 0) is 13.3 Å². The van der Waals surface area contributed by atoms with Gasteiger partial charge in [0.15, 0.2) is 0 Å². The first-order valence-corrected chi connectivity index (χ1v) is 4.78. The normalized spacial score (nSPS) is 12.9. The molecule has 1 aromatic rings. The summed E-state index contributed by atoms with van der Waals surface area (Å²) in [5.41, 5.74) is 7.46. The van der Waals surface area contributed by atoms with Crippen LogP contribution in [0.3, 0.4) is 0 Å². The minimum Gasteiger partial charge on any atom is -0.394 e. The van der Waals surface area contributed by atoms with Crippen molar-refractivity contribution in [1.82, 2.24) is 9.78 Å². The molecule has 0 aliphatic heterocycles. The SMILES string of the molecule is CCc1nn(C)c(NC(C)CO)c1N. The molecule has 1 heterocycles. The van der Waals surface area contributed by atoms with Crippen LogP contribution in [-0.4, -0.2) is 27.5 Å². The van der Waals surface area contributed by atoms with E-state index in [-0.39, 0.29) is 12.6 Å². The maximum Gasteiger partial charge on any atom is 0.148 e. The van der Waals surface area contributed by atoms with E-state index in [0.717, 1.165) is 17.9 Å². The lowest BCUT2D eigenvalue weighted by Crippen LogP contribution is -2.21. The lowest BCUT2D eigenvalue weighted by molar-refractivity contribution is 0.281. The van der Waals surface area contributed by atoms with E-state index in [2.05, 4.69) is 10.4 Å². The first-order valence-electron chi connectivity index (χ1n) is 4.78. The number of aryl methyl sites for hydroxylation is 2. The molecule has 0 spiro atoms. The largest absolute Gasteiger partial charge is 0.394 e. The van der Waals surface area contributed by atoms with Crippen LogP contribution < -0.4 is 11.1 Å². The van der Waals surface area contributed by atoms with Crippen LogP contribution in [0.5, 0.6) is 0 Å². The Balaban J connectivity index is 2.90. The van der Waals surface area contributed by atoms with Crippen molar-refractivity contribution in [3.05, 3.63) is 5.69 Å². The highest BCUT2D eigenvalue weighted by Crippen LogP contribution is 2.22. The molecule has 1 rings (SSSR count). The molecule has 0 saturated heterocycles. The molecule has 0 aromatic carbocycles. The number of hydrogen-bond donors (Lipinski definition) is 3. The molecule has 0 amide bonds. The zero-order chi connectivity index (χ0) is 10.7. The Bertz CT molecular complexity index is 308. The zero-order valence-corrected chi connectivity index (χ0v) is 8.91. The predicted molar refractivity (Wildman–Crippen MR) is 57.2 cm³/mol. The molecule has 0 aliphatic rings. The van der Waals surface area contributed by atoms with Crippen LogP contribution in [0.15, 0.2) is 0 Å². The summed E-state index contributed by atoms with van der Waals surface area (Å²) in [5, 5.41) is 16.3. The summed E-state index contributed by atoms with van der Waals surface area (Å²) < 4.78 is 1.71. The van der Waals surface area contributed by atoms with Crippen LogP contribution in [0.4, 0.5) is 11.5 Å². The van der Waals surface area contributed by atoms with Gasteiger partial charge in [-0.2, -0.15) is 5.10 Å². The second kappa shape index (κ2) is 4.32. The van der Waals surface area contributed by atoms with E-state index in [1.165, 1.54) is 0 Å². The molecule has 14 heavy (non-hydrogen) atoms. The lowest BCUT2D eigenvalue weighted by Gasteiger charge is -2.12. The number of nitrogens with zero attached hydrogens (tertiary/aromatic N) is 2. The lowest BCUT2D eigenvalue weighted by atomic mass is 10.3. The second-order valence-electron chi connectivity index (χ2n) is 3.41.